The van der Waals surface area contributed by atoms with Crippen molar-refractivity contribution in [1.82, 2.24) is 14.7 Å². The first-order valence-electron chi connectivity index (χ1n) is 8.80. The summed E-state index contributed by atoms with van der Waals surface area (Å²) in [5.41, 5.74) is 0.541. The Morgan fingerprint density at radius 3 is 2.52 bits per heavy atom. The first-order chi connectivity index (χ1) is 13.9. The van der Waals surface area contributed by atoms with Crippen molar-refractivity contribution in [3.63, 3.8) is 0 Å². The fourth-order valence-electron chi connectivity index (χ4n) is 3.17. The summed E-state index contributed by atoms with van der Waals surface area (Å²) >= 11 is 3.26. The van der Waals surface area contributed by atoms with Crippen LogP contribution in [0.2, 0.25) is 0 Å². The fraction of sp³-hybridized carbons (Fsp3) is 0.143. The number of fused-ring (bicyclic) bond motifs is 1. The fourth-order valence-corrected chi connectivity index (χ4v) is 3.51. The quantitative estimate of drug-likeness (QED) is 0.430. The van der Waals surface area contributed by atoms with Gasteiger partial charge in [-0.3, -0.25) is 9.69 Å². The van der Waals surface area contributed by atoms with Gasteiger partial charge in [0.15, 0.2) is 16.3 Å². The average Bonchev–Trinajstić information content (AvgIpc) is 3.11. The zero-order valence-electron chi connectivity index (χ0n) is 15.4. The van der Waals surface area contributed by atoms with E-state index in [0.717, 1.165) is 17.9 Å². The summed E-state index contributed by atoms with van der Waals surface area (Å²) in [4.78, 5) is 14.8. The van der Waals surface area contributed by atoms with E-state index in [0.29, 0.717) is 33.2 Å². The Balaban J connectivity index is 1.77. The molecule has 148 valence electrons. The minimum Gasteiger partial charge on any atom is -0.453 e. The highest BCUT2D eigenvalue weighted by atomic mass is 79.9. The highest BCUT2D eigenvalue weighted by Gasteiger charge is 2.15. The summed E-state index contributed by atoms with van der Waals surface area (Å²) in [6.07, 6.45) is 0. The molecule has 0 fully saturated rings. The number of hydrogen-bond donors (Lipinski definition) is 0. The van der Waals surface area contributed by atoms with Crippen molar-refractivity contribution in [2.75, 3.05) is 7.05 Å². The van der Waals surface area contributed by atoms with Crippen LogP contribution >= 0.6 is 15.9 Å². The molecule has 0 radical (unpaired) electrons. The Morgan fingerprint density at radius 1 is 1.07 bits per heavy atom. The van der Waals surface area contributed by atoms with Crippen LogP contribution in [0.5, 0.6) is 0 Å². The first kappa shape index (κ1) is 19.5. The molecule has 0 unspecified atom stereocenters. The van der Waals surface area contributed by atoms with Crippen molar-refractivity contribution in [1.29, 1.82) is 0 Å². The SMILES string of the molecule is CN(Cc1ccc(Br)o1)Cn1nc(-c2ccc(F)c(F)c2)c2ccccc2c1=O. The monoisotopic (exact) mass is 459 g/mol. The van der Waals surface area contributed by atoms with Gasteiger partial charge in [0.05, 0.1) is 24.3 Å². The van der Waals surface area contributed by atoms with Crippen LogP contribution in [-0.2, 0) is 13.2 Å². The number of rotatable bonds is 5. The van der Waals surface area contributed by atoms with Crippen LogP contribution in [0.25, 0.3) is 22.0 Å². The molecule has 29 heavy (non-hydrogen) atoms. The highest BCUT2D eigenvalue weighted by molar-refractivity contribution is 9.10. The average molecular weight is 460 g/mol. The van der Waals surface area contributed by atoms with Gasteiger partial charge in [-0.1, -0.05) is 18.2 Å². The smallest absolute Gasteiger partial charge is 0.275 e. The van der Waals surface area contributed by atoms with E-state index in [4.69, 9.17) is 4.42 Å². The molecule has 0 aliphatic heterocycles. The van der Waals surface area contributed by atoms with Crippen LogP contribution in [-0.4, -0.2) is 21.7 Å². The van der Waals surface area contributed by atoms with Crippen molar-refractivity contribution >= 4 is 26.7 Å². The Bertz CT molecular complexity index is 1250. The lowest BCUT2D eigenvalue weighted by Gasteiger charge is -2.18. The molecule has 0 atom stereocenters. The summed E-state index contributed by atoms with van der Waals surface area (Å²) in [5, 5.41) is 5.50. The summed E-state index contributed by atoms with van der Waals surface area (Å²) in [7, 11) is 1.83. The van der Waals surface area contributed by atoms with Gasteiger partial charge < -0.3 is 4.42 Å². The molecular weight excluding hydrogens is 444 g/mol. The molecule has 0 N–H and O–H groups in total. The third-order valence-corrected chi connectivity index (χ3v) is 4.92. The van der Waals surface area contributed by atoms with Gasteiger partial charge in [0, 0.05) is 10.9 Å². The topological polar surface area (TPSA) is 51.3 Å². The van der Waals surface area contributed by atoms with Gasteiger partial charge in [-0.25, -0.2) is 13.5 Å². The molecule has 0 aliphatic carbocycles. The minimum absolute atomic E-state index is 0.193. The van der Waals surface area contributed by atoms with Crippen molar-refractivity contribution in [2.24, 2.45) is 0 Å². The molecule has 5 nitrogen and oxygen atoms in total. The Morgan fingerprint density at radius 2 is 1.83 bits per heavy atom. The van der Waals surface area contributed by atoms with E-state index in [1.54, 1.807) is 30.3 Å². The second-order valence-electron chi connectivity index (χ2n) is 6.69. The zero-order valence-corrected chi connectivity index (χ0v) is 17.0. The maximum Gasteiger partial charge on any atom is 0.275 e. The van der Waals surface area contributed by atoms with E-state index >= 15 is 0 Å². The van der Waals surface area contributed by atoms with E-state index < -0.39 is 11.6 Å². The largest absolute Gasteiger partial charge is 0.453 e. The molecule has 4 aromatic rings. The maximum atomic E-state index is 13.8. The van der Waals surface area contributed by atoms with Crippen LogP contribution < -0.4 is 5.56 Å². The number of nitrogens with zero attached hydrogens (tertiary/aromatic N) is 3. The van der Waals surface area contributed by atoms with Gasteiger partial charge in [-0.2, -0.15) is 5.10 Å². The highest BCUT2D eigenvalue weighted by Crippen LogP contribution is 2.26. The lowest BCUT2D eigenvalue weighted by Crippen LogP contribution is -2.31. The number of halogens is 3. The summed E-state index contributed by atoms with van der Waals surface area (Å²) in [6.45, 7) is 0.658. The van der Waals surface area contributed by atoms with Crippen LogP contribution in [0.4, 0.5) is 8.78 Å². The molecule has 2 aromatic carbocycles. The second-order valence-corrected chi connectivity index (χ2v) is 7.47. The maximum absolute atomic E-state index is 13.8. The van der Waals surface area contributed by atoms with Crippen molar-refractivity contribution in [2.45, 2.75) is 13.2 Å². The van der Waals surface area contributed by atoms with Crippen LogP contribution in [0, 0.1) is 11.6 Å². The molecular formula is C21H16BrF2N3O2. The summed E-state index contributed by atoms with van der Waals surface area (Å²) < 4.78 is 34.6. The predicted octanol–water partition coefficient (Wildman–Crippen LogP) is 4.79. The second kappa shape index (κ2) is 7.88. The molecule has 0 saturated carbocycles. The third-order valence-electron chi connectivity index (χ3n) is 4.49. The lowest BCUT2D eigenvalue weighted by atomic mass is 10.0. The Labute approximate surface area is 173 Å². The van der Waals surface area contributed by atoms with E-state index in [1.165, 1.54) is 10.7 Å². The van der Waals surface area contributed by atoms with Gasteiger partial charge in [-0.15, -0.1) is 0 Å². The third kappa shape index (κ3) is 3.99. The van der Waals surface area contributed by atoms with E-state index in [9.17, 15) is 13.6 Å². The van der Waals surface area contributed by atoms with E-state index in [1.807, 2.05) is 18.0 Å². The van der Waals surface area contributed by atoms with Crippen molar-refractivity contribution < 1.29 is 13.2 Å². The van der Waals surface area contributed by atoms with Gasteiger partial charge in [0.1, 0.15) is 5.76 Å². The number of benzene rings is 2. The van der Waals surface area contributed by atoms with Crippen LogP contribution in [0.15, 0.2) is 68.5 Å². The molecule has 0 spiro atoms. The van der Waals surface area contributed by atoms with Gasteiger partial charge in [-0.05, 0) is 59.4 Å². The molecule has 0 amide bonds. The van der Waals surface area contributed by atoms with E-state index in [-0.39, 0.29) is 12.2 Å². The van der Waals surface area contributed by atoms with Crippen LogP contribution in [0.3, 0.4) is 0 Å². The van der Waals surface area contributed by atoms with E-state index in [2.05, 4.69) is 21.0 Å². The van der Waals surface area contributed by atoms with Crippen LogP contribution in [0.1, 0.15) is 5.76 Å². The minimum atomic E-state index is -0.966. The first-order valence-corrected chi connectivity index (χ1v) is 9.60. The molecule has 0 bridgehead atoms. The van der Waals surface area contributed by atoms with Gasteiger partial charge in [0.25, 0.3) is 5.56 Å². The normalized spacial score (nSPS) is 11.5. The molecule has 2 aromatic heterocycles. The van der Waals surface area contributed by atoms with Gasteiger partial charge >= 0.3 is 0 Å². The number of hydrogen-bond acceptors (Lipinski definition) is 4. The molecule has 8 heteroatoms. The zero-order chi connectivity index (χ0) is 20.5. The molecule has 0 saturated heterocycles. The number of aromatic nitrogens is 2. The molecule has 4 rings (SSSR count). The Hall–Kier alpha value is -2.84. The van der Waals surface area contributed by atoms with Crippen molar-refractivity contribution in [3.05, 3.63) is 87.0 Å². The molecule has 2 heterocycles. The summed E-state index contributed by atoms with van der Waals surface area (Å²) in [6, 6.07) is 14.2. The standard InChI is InChI=1S/C21H16BrF2N3O2/c1-26(11-14-7-9-19(22)29-14)12-27-21(28)16-5-3-2-4-15(16)20(25-27)13-6-8-17(23)18(24)10-13/h2-10H,11-12H2,1H3. The van der Waals surface area contributed by atoms with Gasteiger partial charge in [0.2, 0.25) is 0 Å². The predicted molar refractivity (Wildman–Crippen MR) is 109 cm³/mol. The number of furan rings is 1. The van der Waals surface area contributed by atoms with Crippen molar-refractivity contribution in [3.8, 4) is 11.3 Å². The molecule has 0 aliphatic rings. The summed E-state index contributed by atoms with van der Waals surface area (Å²) in [5.74, 6) is -1.17. The Kier molecular flexibility index (Phi) is 5.29. The lowest BCUT2D eigenvalue weighted by molar-refractivity contribution is 0.222.